The van der Waals surface area contributed by atoms with E-state index in [9.17, 15) is 4.79 Å². The third-order valence-electron chi connectivity index (χ3n) is 3.19. The molecule has 0 unspecified atom stereocenters. The smallest absolute Gasteiger partial charge is 0.230 e. The Balaban J connectivity index is 1.92. The number of nitrogens with zero attached hydrogens (tertiary/aromatic N) is 2. The molecular weight excluding hydrogens is 328 g/mol. The first-order valence-electron chi connectivity index (χ1n) is 7.57. The van der Waals surface area contributed by atoms with Crippen molar-refractivity contribution >= 4 is 34.1 Å². The van der Waals surface area contributed by atoms with E-state index >= 15 is 0 Å². The SMILES string of the molecule is CNc1nnc(SCC(=O)N[C@H](CC(C)C)c2ccccc2)s1. The van der Waals surface area contributed by atoms with Crippen LogP contribution in [0.25, 0.3) is 0 Å². The number of aromatic nitrogens is 2. The van der Waals surface area contributed by atoms with Gasteiger partial charge in [0.15, 0.2) is 4.34 Å². The molecule has 0 saturated heterocycles. The van der Waals surface area contributed by atoms with Crippen LogP contribution in [0.5, 0.6) is 0 Å². The van der Waals surface area contributed by atoms with E-state index in [0.29, 0.717) is 11.7 Å². The normalized spacial score (nSPS) is 12.2. The summed E-state index contributed by atoms with van der Waals surface area (Å²) >= 11 is 2.86. The number of thioether (sulfide) groups is 1. The van der Waals surface area contributed by atoms with Crippen LogP contribution in [0, 0.1) is 5.92 Å². The monoisotopic (exact) mass is 350 g/mol. The first-order chi connectivity index (χ1) is 11.1. The summed E-state index contributed by atoms with van der Waals surface area (Å²) in [7, 11) is 1.80. The maximum Gasteiger partial charge on any atom is 0.230 e. The molecule has 0 aliphatic rings. The molecule has 0 saturated carbocycles. The van der Waals surface area contributed by atoms with Gasteiger partial charge in [-0.2, -0.15) is 0 Å². The van der Waals surface area contributed by atoms with Crippen LogP contribution in [0.2, 0.25) is 0 Å². The van der Waals surface area contributed by atoms with E-state index in [4.69, 9.17) is 0 Å². The molecule has 23 heavy (non-hydrogen) atoms. The summed E-state index contributed by atoms with van der Waals surface area (Å²) in [6.07, 6.45) is 0.920. The summed E-state index contributed by atoms with van der Waals surface area (Å²) < 4.78 is 0.796. The highest BCUT2D eigenvalue weighted by Crippen LogP contribution is 2.26. The Morgan fingerprint density at radius 1 is 1.26 bits per heavy atom. The molecule has 7 heteroatoms. The molecule has 0 fully saturated rings. The fraction of sp³-hybridized carbons (Fsp3) is 0.438. The highest BCUT2D eigenvalue weighted by Gasteiger charge is 2.16. The van der Waals surface area contributed by atoms with E-state index in [1.165, 1.54) is 23.1 Å². The molecule has 0 spiro atoms. The van der Waals surface area contributed by atoms with Crippen molar-refractivity contribution in [2.45, 2.75) is 30.6 Å². The predicted octanol–water partition coefficient (Wildman–Crippen LogP) is 3.58. The molecule has 0 bridgehead atoms. The molecule has 2 N–H and O–H groups in total. The maximum atomic E-state index is 12.3. The minimum Gasteiger partial charge on any atom is -0.363 e. The summed E-state index contributed by atoms with van der Waals surface area (Å²) in [5.41, 5.74) is 1.15. The quantitative estimate of drug-likeness (QED) is 0.712. The number of anilines is 1. The van der Waals surface area contributed by atoms with Gasteiger partial charge >= 0.3 is 0 Å². The molecular formula is C16H22N4OS2. The van der Waals surface area contributed by atoms with Crippen molar-refractivity contribution in [2.24, 2.45) is 5.92 Å². The van der Waals surface area contributed by atoms with Crippen molar-refractivity contribution in [1.82, 2.24) is 15.5 Å². The van der Waals surface area contributed by atoms with Gasteiger partial charge in [-0.1, -0.05) is 67.3 Å². The zero-order chi connectivity index (χ0) is 16.7. The van der Waals surface area contributed by atoms with Gasteiger partial charge < -0.3 is 10.6 Å². The molecule has 5 nitrogen and oxygen atoms in total. The van der Waals surface area contributed by atoms with Crippen LogP contribution < -0.4 is 10.6 Å². The van der Waals surface area contributed by atoms with Gasteiger partial charge in [-0.15, -0.1) is 10.2 Å². The van der Waals surface area contributed by atoms with Gasteiger partial charge in [-0.25, -0.2) is 0 Å². The number of amides is 1. The standard InChI is InChI=1S/C16H22N4OS2/c1-11(2)9-13(12-7-5-4-6-8-12)18-14(21)10-22-16-20-19-15(17-3)23-16/h4-8,11,13H,9-10H2,1-3H3,(H,17,19)(H,18,21)/t13-/m1/s1. The predicted molar refractivity (Wildman–Crippen MR) is 97.0 cm³/mol. The molecule has 1 atom stereocenters. The van der Waals surface area contributed by atoms with E-state index < -0.39 is 0 Å². The number of nitrogens with one attached hydrogen (secondary N) is 2. The average Bonchev–Trinajstić information content (AvgIpc) is 3.01. The van der Waals surface area contributed by atoms with Crippen LogP contribution in [-0.2, 0) is 4.79 Å². The van der Waals surface area contributed by atoms with Crippen LogP contribution in [0.3, 0.4) is 0 Å². The summed E-state index contributed by atoms with van der Waals surface area (Å²) in [5, 5.41) is 14.8. The lowest BCUT2D eigenvalue weighted by Crippen LogP contribution is -2.30. The van der Waals surface area contributed by atoms with Crippen LogP contribution in [-0.4, -0.2) is 28.9 Å². The minimum atomic E-state index is 0.0192. The molecule has 1 heterocycles. The summed E-state index contributed by atoms with van der Waals surface area (Å²) in [4.78, 5) is 12.3. The average molecular weight is 351 g/mol. The number of carbonyl (C=O) groups is 1. The highest BCUT2D eigenvalue weighted by molar-refractivity contribution is 8.01. The second-order valence-electron chi connectivity index (χ2n) is 5.57. The zero-order valence-electron chi connectivity index (χ0n) is 13.6. The van der Waals surface area contributed by atoms with Crippen molar-refractivity contribution in [3.63, 3.8) is 0 Å². The Morgan fingerprint density at radius 2 is 2.00 bits per heavy atom. The van der Waals surface area contributed by atoms with Gasteiger partial charge in [-0.05, 0) is 17.9 Å². The van der Waals surface area contributed by atoms with Crippen LogP contribution in [0.4, 0.5) is 5.13 Å². The van der Waals surface area contributed by atoms with Crippen LogP contribution in [0.15, 0.2) is 34.7 Å². The Morgan fingerprint density at radius 3 is 2.61 bits per heavy atom. The van der Waals surface area contributed by atoms with E-state index in [1.54, 1.807) is 7.05 Å². The Bertz CT molecular complexity index is 616. The number of rotatable bonds is 8. The van der Waals surface area contributed by atoms with E-state index in [-0.39, 0.29) is 11.9 Å². The third-order valence-corrected chi connectivity index (χ3v) is 5.27. The van der Waals surface area contributed by atoms with Crippen molar-refractivity contribution in [1.29, 1.82) is 0 Å². The molecule has 0 radical (unpaired) electrons. The topological polar surface area (TPSA) is 66.9 Å². The highest BCUT2D eigenvalue weighted by atomic mass is 32.2. The van der Waals surface area contributed by atoms with Gasteiger partial charge in [0.05, 0.1) is 11.8 Å². The molecule has 1 aromatic carbocycles. The second kappa shape index (κ2) is 8.88. The van der Waals surface area contributed by atoms with Crippen molar-refractivity contribution < 1.29 is 4.79 Å². The number of carbonyl (C=O) groups excluding carboxylic acids is 1. The van der Waals surface area contributed by atoms with Crippen molar-refractivity contribution in [2.75, 3.05) is 18.1 Å². The first-order valence-corrected chi connectivity index (χ1v) is 9.37. The molecule has 0 aliphatic heterocycles. The summed E-state index contributed by atoms with van der Waals surface area (Å²) in [6, 6.07) is 10.2. The van der Waals surface area contributed by atoms with Gasteiger partial charge in [0, 0.05) is 7.05 Å². The van der Waals surface area contributed by atoms with E-state index in [1.807, 2.05) is 18.2 Å². The number of benzene rings is 1. The summed E-state index contributed by atoms with van der Waals surface area (Å²) in [6.45, 7) is 4.33. The van der Waals surface area contributed by atoms with Crippen molar-refractivity contribution in [3.05, 3.63) is 35.9 Å². The molecule has 1 aromatic heterocycles. The van der Waals surface area contributed by atoms with E-state index in [0.717, 1.165) is 21.5 Å². The van der Waals surface area contributed by atoms with Gasteiger partial charge in [-0.3, -0.25) is 4.79 Å². The Kier molecular flexibility index (Phi) is 6.85. The number of hydrogen-bond acceptors (Lipinski definition) is 6. The molecule has 2 rings (SSSR count). The molecule has 1 amide bonds. The lowest BCUT2D eigenvalue weighted by molar-refractivity contribution is -0.119. The van der Waals surface area contributed by atoms with E-state index in [2.05, 4.69) is 46.8 Å². The van der Waals surface area contributed by atoms with Gasteiger partial charge in [0.2, 0.25) is 11.0 Å². The van der Waals surface area contributed by atoms with Gasteiger partial charge in [0.25, 0.3) is 0 Å². The number of hydrogen-bond donors (Lipinski definition) is 2. The van der Waals surface area contributed by atoms with Crippen molar-refractivity contribution in [3.8, 4) is 0 Å². The maximum absolute atomic E-state index is 12.3. The Hall–Kier alpha value is -1.60. The molecule has 124 valence electrons. The fourth-order valence-corrected chi connectivity index (χ4v) is 3.68. The minimum absolute atomic E-state index is 0.0192. The Labute approximate surface area is 145 Å². The summed E-state index contributed by atoms with van der Waals surface area (Å²) in [5.74, 6) is 0.875. The largest absolute Gasteiger partial charge is 0.363 e. The van der Waals surface area contributed by atoms with Gasteiger partial charge in [0.1, 0.15) is 0 Å². The lowest BCUT2D eigenvalue weighted by Gasteiger charge is -2.21. The van der Waals surface area contributed by atoms with Crippen LogP contribution in [0.1, 0.15) is 31.9 Å². The second-order valence-corrected chi connectivity index (χ2v) is 7.77. The third kappa shape index (κ3) is 5.84. The molecule has 0 aliphatic carbocycles. The lowest BCUT2D eigenvalue weighted by atomic mass is 9.97. The van der Waals surface area contributed by atoms with Crippen LogP contribution >= 0.6 is 23.1 Å². The first kappa shape index (κ1) is 17.7. The zero-order valence-corrected chi connectivity index (χ0v) is 15.2. The molecule has 2 aromatic rings. The fourth-order valence-electron chi connectivity index (χ4n) is 2.17.